The summed E-state index contributed by atoms with van der Waals surface area (Å²) in [6.45, 7) is 0. The minimum atomic E-state index is -0.0631. The van der Waals surface area contributed by atoms with Gasteiger partial charge in [0, 0.05) is 15.6 Å². The number of carbonyl (C=O) groups is 1. The molecule has 0 radical (unpaired) electrons. The second-order valence-electron chi connectivity index (χ2n) is 3.32. The van der Waals surface area contributed by atoms with Crippen LogP contribution in [-0.2, 0) is 0 Å². The summed E-state index contributed by atoms with van der Waals surface area (Å²) in [6.07, 6.45) is 0. The molecule has 16 heavy (non-hydrogen) atoms. The molecule has 0 amide bonds. The van der Waals surface area contributed by atoms with Crippen LogP contribution in [-0.4, -0.2) is 5.78 Å². The van der Waals surface area contributed by atoms with E-state index in [1.54, 1.807) is 36.4 Å². The summed E-state index contributed by atoms with van der Waals surface area (Å²) in [7, 11) is 0. The molecule has 0 heterocycles. The van der Waals surface area contributed by atoms with Crippen molar-refractivity contribution in [3.8, 4) is 0 Å². The molecule has 2 rings (SSSR count). The SMILES string of the molecule is O=C(c1cccc(Br)c1)c1ccccc1Cl. The van der Waals surface area contributed by atoms with Crippen LogP contribution in [0.15, 0.2) is 53.0 Å². The third kappa shape index (κ3) is 2.34. The molecule has 80 valence electrons. The van der Waals surface area contributed by atoms with Crippen molar-refractivity contribution in [3.05, 3.63) is 69.2 Å². The molecular weight excluding hydrogens is 287 g/mol. The van der Waals surface area contributed by atoms with Crippen LogP contribution < -0.4 is 0 Å². The molecule has 0 spiro atoms. The van der Waals surface area contributed by atoms with Crippen LogP contribution in [0.25, 0.3) is 0 Å². The van der Waals surface area contributed by atoms with E-state index >= 15 is 0 Å². The summed E-state index contributed by atoms with van der Waals surface area (Å²) in [5, 5.41) is 0.479. The lowest BCUT2D eigenvalue weighted by Crippen LogP contribution is -2.01. The van der Waals surface area contributed by atoms with Crippen LogP contribution in [0.4, 0.5) is 0 Å². The van der Waals surface area contributed by atoms with Gasteiger partial charge >= 0.3 is 0 Å². The lowest BCUT2D eigenvalue weighted by molar-refractivity contribution is 0.103. The molecule has 0 saturated carbocycles. The first-order valence-corrected chi connectivity index (χ1v) is 5.90. The van der Waals surface area contributed by atoms with Crippen molar-refractivity contribution < 1.29 is 4.79 Å². The number of halogens is 2. The molecule has 3 heteroatoms. The number of rotatable bonds is 2. The minimum absolute atomic E-state index is 0.0631. The van der Waals surface area contributed by atoms with Crippen molar-refractivity contribution in [1.29, 1.82) is 0 Å². The molecule has 0 atom stereocenters. The fraction of sp³-hybridized carbons (Fsp3) is 0. The lowest BCUT2D eigenvalue weighted by atomic mass is 10.0. The Kier molecular flexibility index (Phi) is 3.42. The Bertz CT molecular complexity index is 537. The lowest BCUT2D eigenvalue weighted by Gasteiger charge is -2.03. The fourth-order valence-electron chi connectivity index (χ4n) is 1.43. The largest absolute Gasteiger partial charge is 0.289 e. The van der Waals surface area contributed by atoms with Crippen molar-refractivity contribution in [1.82, 2.24) is 0 Å². The first-order valence-electron chi connectivity index (χ1n) is 4.73. The Hall–Kier alpha value is -1.12. The molecular formula is C13H8BrClO. The zero-order chi connectivity index (χ0) is 11.5. The highest BCUT2D eigenvalue weighted by Crippen LogP contribution is 2.20. The summed E-state index contributed by atoms with van der Waals surface area (Å²) in [4.78, 5) is 12.1. The van der Waals surface area contributed by atoms with Crippen LogP contribution in [0.1, 0.15) is 15.9 Å². The molecule has 0 N–H and O–H groups in total. The molecule has 0 aliphatic carbocycles. The van der Waals surface area contributed by atoms with Gasteiger partial charge < -0.3 is 0 Å². The van der Waals surface area contributed by atoms with E-state index in [0.717, 1.165) is 4.47 Å². The van der Waals surface area contributed by atoms with E-state index in [4.69, 9.17) is 11.6 Å². The molecule has 2 aromatic carbocycles. The van der Waals surface area contributed by atoms with E-state index in [9.17, 15) is 4.79 Å². The fourth-order valence-corrected chi connectivity index (χ4v) is 2.05. The van der Waals surface area contributed by atoms with Gasteiger partial charge in [-0.05, 0) is 24.3 Å². The van der Waals surface area contributed by atoms with E-state index < -0.39 is 0 Å². The smallest absolute Gasteiger partial charge is 0.194 e. The van der Waals surface area contributed by atoms with E-state index in [2.05, 4.69) is 15.9 Å². The highest BCUT2D eigenvalue weighted by atomic mass is 79.9. The Morgan fingerprint density at radius 3 is 2.50 bits per heavy atom. The van der Waals surface area contributed by atoms with E-state index in [1.165, 1.54) is 0 Å². The third-order valence-corrected chi connectivity index (χ3v) is 3.03. The number of hydrogen-bond acceptors (Lipinski definition) is 1. The monoisotopic (exact) mass is 294 g/mol. The molecule has 0 fully saturated rings. The second-order valence-corrected chi connectivity index (χ2v) is 4.64. The highest BCUT2D eigenvalue weighted by molar-refractivity contribution is 9.10. The maximum Gasteiger partial charge on any atom is 0.194 e. The van der Waals surface area contributed by atoms with Gasteiger partial charge in [0.25, 0.3) is 0 Å². The number of carbonyl (C=O) groups excluding carboxylic acids is 1. The molecule has 0 aromatic heterocycles. The molecule has 1 nitrogen and oxygen atoms in total. The average Bonchev–Trinajstić information content (AvgIpc) is 2.29. The summed E-state index contributed by atoms with van der Waals surface area (Å²) in [6, 6.07) is 14.3. The maximum absolute atomic E-state index is 12.1. The zero-order valence-electron chi connectivity index (χ0n) is 8.28. The molecule has 0 aliphatic heterocycles. The Morgan fingerprint density at radius 1 is 1.06 bits per heavy atom. The van der Waals surface area contributed by atoms with Crippen molar-refractivity contribution in [2.45, 2.75) is 0 Å². The van der Waals surface area contributed by atoms with Gasteiger partial charge in [0.1, 0.15) is 0 Å². The van der Waals surface area contributed by atoms with Gasteiger partial charge in [-0.15, -0.1) is 0 Å². The van der Waals surface area contributed by atoms with Gasteiger partial charge in [-0.2, -0.15) is 0 Å². The van der Waals surface area contributed by atoms with Gasteiger partial charge in [0.15, 0.2) is 5.78 Å². The van der Waals surface area contributed by atoms with Crippen LogP contribution in [0, 0.1) is 0 Å². The molecule has 0 saturated heterocycles. The predicted octanol–water partition coefficient (Wildman–Crippen LogP) is 4.33. The van der Waals surface area contributed by atoms with E-state index in [1.807, 2.05) is 12.1 Å². The van der Waals surface area contributed by atoms with Crippen molar-refractivity contribution >= 4 is 33.3 Å². The van der Waals surface area contributed by atoms with Crippen molar-refractivity contribution in [3.63, 3.8) is 0 Å². The van der Waals surface area contributed by atoms with E-state index in [0.29, 0.717) is 16.1 Å². The van der Waals surface area contributed by atoms with Crippen LogP contribution >= 0.6 is 27.5 Å². The molecule has 2 aromatic rings. The summed E-state index contributed by atoms with van der Waals surface area (Å²) in [5.74, 6) is -0.0631. The molecule has 0 bridgehead atoms. The minimum Gasteiger partial charge on any atom is -0.289 e. The van der Waals surface area contributed by atoms with Crippen molar-refractivity contribution in [2.24, 2.45) is 0 Å². The number of ketones is 1. The predicted molar refractivity (Wildman–Crippen MR) is 69.0 cm³/mol. The van der Waals surface area contributed by atoms with Gasteiger partial charge in [-0.3, -0.25) is 4.79 Å². The average molecular weight is 296 g/mol. The molecule has 0 aliphatic rings. The van der Waals surface area contributed by atoms with Crippen LogP contribution in [0.5, 0.6) is 0 Å². The maximum atomic E-state index is 12.1. The van der Waals surface area contributed by atoms with Gasteiger partial charge in [-0.1, -0.05) is 51.8 Å². The van der Waals surface area contributed by atoms with Gasteiger partial charge in [0.05, 0.1) is 5.02 Å². The quantitative estimate of drug-likeness (QED) is 0.754. The van der Waals surface area contributed by atoms with Crippen LogP contribution in [0.2, 0.25) is 5.02 Å². The first-order chi connectivity index (χ1) is 7.68. The first kappa shape index (κ1) is 11.4. The highest BCUT2D eigenvalue weighted by Gasteiger charge is 2.11. The normalized spacial score (nSPS) is 10.1. The van der Waals surface area contributed by atoms with Crippen molar-refractivity contribution in [2.75, 3.05) is 0 Å². The second kappa shape index (κ2) is 4.81. The number of hydrogen-bond donors (Lipinski definition) is 0. The van der Waals surface area contributed by atoms with E-state index in [-0.39, 0.29) is 5.78 Å². The Morgan fingerprint density at radius 2 is 1.81 bits per heavy atom. The van der Waals surface area contributed by atoms with Crippen LogP contribution in [0.3, 0.4) is 0 Å². The summed E-state index contributed by atoms with van der Waals surface area (Å²) < 4.78 is 0.880. The summed E-state index contributed by atoms with van der Waals surface area (Å²) in [5.41, 5.74) is 1.16. The Balaban J connectivity index is 2.44. The Labute approximate surface area is 107 Å². The van der Waals surface area contributed by atoms with Gasteiger partial charge in [0.2, 0.25) is 0 Å². The standard InChI is InChI=1S/C13H8BrClO/c14-10-5-3-4-9(8-10)13(16)11-6-1-2-7-12(11)15/h1-8H. The zero-order valence-corrected chi connectivity index (χ0v) is 10.6. The summed E-state index contributed by atoms with van der Waals surface area (Å²) >= 11 is 9.31. The molecule has 0 unspecified atom stereocenters. The third-order valence-electron chi connectivity index (χ3n) is 2.21. The topological polar surface area (TPSA) is 17.1 Å². The number of benzene rings is 2. The van der Waals surface area contributed by atoms with Gasteiger partial charge in [-0.25, -0.2) is 0 Å².